The largest absolute Gasteiger partial charge is 0.484 e. The Balaban J connectivity index is 1.33. The molecule has 4 rings (SSSR count). The van der Waals surface area contributed by atoms with Crippen molar-refractivity contribution in [1.82, 2.24) is 5.32 Å². The van der Waals surface area contributed by atoms with E-state index in [9.17, 15) is 18.0 Å². The van der Waals surface area contributed by atoms with Gasteiger partial charge in [-0.1, -0.05) is 31.4 Å². The Hall–Kier alpha value is -2.81. The number of benzene rings is 2. The van der Waals surface area contributed by atoms with Crippen LogP contribution in [0, 0.1) is 0 Å². The summed E-state index contributed by atoms with van der Waals surface area (Å²) in [5.41, 5.74) is 1.37. The van der Waals surface area contributed by atoms with Crippen molar-refractivity contribution in [2.75, 3.05) is 29.9 Å². The van der Waals surface area contributed by atoms with E-state index in [-0.39, 0.29) is 17.4 Å². The maximum absolute atomic E-state index is 13.3. The molecule has 2 aromatic carbocycles. The summed E-state index contributed by atoms with van der Waals surface area (Å²) in [4.78, 5) is 14.4. The van der Waals surface area contributed by atoms with E-state index in [1.807, 2.05) is 29.2 Å². The number of nitrogens with one attached hydrogen (secondary N) is 2. The Morgan fingerprint density at radius 1 is 0.972 bits per heavy atom. The maximum Gasteiger partial charge on any atom is 0.416 e. The Morgan fingerprint density at radius 2 is 1.64 bits per heavy atom. The van der Waals surface area contributed by atoms with Crippen LogP contribution in [0.4, 0.5) is 24.5 Å². The highest BCUT2D eigenvalue weighted by molar-refractivity contribution is 7.80. The fourth-order valence-electron chi connectivity index (χ4n) is 4.96. The van der Waals surface area contributed by atoms with Gasteiger partial charge < -0.3 is 15.0 Å². The molecule has 2 fully saturated rings. The molecule has 9 heteroatoms. The zero-order chi connectivity index (χ0) is 25.5. The lowest BCUT2D eigenvalue weighted by Crippen LogP contribution is -2.38. The normalized spacial score (nSPS) is 16.9. The van der Waals surface area contributed by atoms with Crippen LogP contribution in [0.1, 0.15) is 68.4 Å². The molecule has 2 aromatic rings. The van der Waals surface area contributed by atoms with E-state index in [4.69, 9.17) is 17.0 Å². The van der Waals surface area contributed by atoms with Crippen molar-refractivity contribution in [3.8, 4) is 5.75 Å². The van der Waals surface area contributed by atoms with Gasteiger partial charge in [0.15, 0.2) is 11.7 Å². The van der Waals surface area contributed by atoms with Crippen molar-refractivity contribution in [3.05, 3.63) is 53.6 Å². The van der Waals surface area contributed by atoms with Gasteiger partial charge in [0.2, 0.25) is 0 Å². The lowest BCUT2D eigenvalue weighted by atomic mass is 9.84. The monoisotopic (exact) mass is 519 g/mol. The number of piperidine rings is 1. The first-order valence-corrected chi connectivity index (χ1v) is 13.0. The molecule has 0 unspecified atom stereocenters. The van der Waals surface area contributed by atoms with E-state index < -0.39 is 17.6 Å². The number of anilines is 2. The van der Waals surface area contributed by atoms with E-state index >= 15 is 0 Å². The summed E-state index contributed by atoms with van der Waals surface area (Å²) in [5, 5.41) is 5.23. The summed E-state index contributed by atoms with van der Waals surface area (Å²) < 4.78 is 45.6. The molecule has 0 bridgehead atoms. The standard InChI is InChI=1S/C27H32F3N3O2S/c28-27(29,30)21-11-14-24(33-15-5-2-6-16-33)23(17-21)31-26(36)32-25(34)18-35-22-12-9-20(10-13-22)19-7-3-1-4-8-19/h9-14,17,19H,1-8,15-16,18H2,(H2,31,32,34,36). The molecule has 1 saturated heterocycles. The van der Waals surface area contributed by atoms with E-state index in [1.165, 1.54) is 43.7 Å². The third-order valence-electron chi connectivity index (χ3n) is 6.85. The van der Waals surface area contributed by atoms with Crippen LogP contribution in [0.5, 0.6) is 5.75 Å². The number of hydrogen-bond donors (Lipinski definition) is 2. The molecule has 194 valence electrons. The number of halogens is 3. The fourth-order valence-corrected chi connectivity index (χ4v) is 5.18. The Labute approximate surface area is 215 Å². The molecule has 5 nitrogen and oxygen atoms in total. The maximum atomic E-state index is 13.3. The number of carbonyl (C=O) groups is 1. The molecule has 0 aromatic heterocycles. The molecule has 0 radical (unpaired) electrons. The minimum absolute atomic E-state index is 0.0752. The first-order chi connectivity index (χ1) is 17.3. The van der Waals surface area contributed by atoms with Crippen LogP contribution >= 0.6 is 12.2 Å². The highest BCUT2D eigenvalue weighted by Crippen LogP contribution is 2.36. The van der Waals surface area contributed by atoms with E-state index in [2.05, 4.69) is 10.6 Å². The third-order valence-corrected chi connectivity index (χ3v) is 7.05. The second-order valence-corrected chi connectivity index (χ2v) is 9.88. The molecule has 36 heavy (non-hydrogen) atoms. The zero-order valence-electron chi connectivity index (χ0n) is 20.2. The topological polar surface area (TPSA) is 53.6 Å². The molecule has 1 amide bonds. The molecule has 0 spiro atoms. The van der Waals surface area contributed by atoms with Crippen molar-refractivity contribution < 1.29 is 22.7 Å². The summed E-state index contributed by atoms with van der Waals surface area (Å²) in [6.45, 7) is 1.26. The summed E-state index contributed by atoms with van der Waals surface area (Å²) in [6.07, 6.45) is 4.79. The van der Waals surface area contributed by atoms with Gasteiger partial charge in [0.25, 0.3) is 5.91 Å². The molecular formula is C27H32F3N3O2S. The van der Waals surface area contributed by atoms with Crippen LogP contribution in [0.15, 0.2) is 42.5 Å². The van der Waals surface area contributed by atoms with Crippen LogP contribution in [0.25, 0.3) is 0 Å². The van der Waals surface area contributed by atoms with Crippen molar-refractivity contribution in [2.45, 2.75) is 63.5 Å². The van der Waals surface area contributed by atoms with Crippen molar-refractivity contribution >= 4 is 34.6 Å². The van der Waals surface area contributed by atoms with Crippen molar-refractivity contribution in [1.29, 1.82) is 0 Å². The zero-order valence-corrected chi connectivity index (χ0v) is 21.0. The molecular weight excluding hydrogens is 487 g/mol. The van der Waals surface area contributed by atoms with Gasteiger partial charge >= 0.3 is 6.18 Å². The summed E-state index contributed by atoms with van der Waals surface area (Å²) in [6, 6.07) is 11.4. The molecule has 2 N–H and O–H groups in total. The van der Waals surface area contributed by atoms with E-state index in [0.717, 1.165) is 44.5 Å². The van der Waals surface area contributed by atoms with E-state index in [1.54, 1.807) is 0 Å². The lowest BCUT2D eigenvalue weighted by Gasteiger charge is -2.31. The molecule has 1 aliphatic carbocycles. The van der Waals surface area contributed by atoms with Crippen LogP contribution in [0.3, 0.4) is 0 Å². The number of hydrogen-bond acceptors (Lipinski definition) is 4. The van der Waals surface area contributed by atoms with Crippen LogP contribution < -0.4 is 20.3 Å². The van der Waals surface area contributed by atoms with Gasteiger partial charge in [-0.2, -0.15) is 13.2 Å². The van der Waals surface area contributed by atoms with Gasteiger partial charge in [0, 0.05) is 13.1 Å². The summed E-state index contributed by atoms with van der Waals surface area (Å²) in [7, 11) is 0. The van der Waals surface area contributed by atoms with Gasteiger partial charge in [-0.3, -0.25) is 10.1 Å². The minimum Gasteiger partial charge on any atom is -0.484 e. The van der Waals surface area contributed by atoms with Gasteiger partial charge in [-0.15, -0.1) is 0 Å². The van der Waals surface area contributed by atoms with Gasteiger partial charge in [0.05, 0.1) is 16.9 Å². The molecule has 0 atom stereocenters. The minimum atomic E-state index is -4.48. The summed E-state index contributed by atoms with van der Waals surface area (Å²) >= 11 is 5.23. The number of nitrogens with zero attached hydrogens (tertiary/aromatic N) is 1. The Bertz CT molecular complexity index is 1050. The average molecular weight is 520 g/mol. The summed E-state index contributed by atoms with van der Waals surface area (Å²) in [5.74, 6) is 0.675. The first kappa shape index (κ1) is 26.3. The van der Waals surface area contributed by atoms with Crippen molar-refractivity contribution in [2.24, 2.45) is 0 Å². The van der Waals surface area contributed by atoms with Gasteiger partial charge in [-0.05, 0) is 86.1 Å². The number of rotatable bonds is 6. The van der Waals surface area contributed by atoms with Crippen LogP contribution in [-0.2, 0) is 11.0 Å². The van der Waals surface area contributed by atoms with Crippen molar-refractivity contribution in [3.63, 3.8) is 0 Å². The molecule has 1 aliphatic heterocycles. The number of alkyl halides is 3. The second-order valence-electron chi connectivity index (χ2n) is 9.47. The lowest BCUT2D eigenvalue weighted by molar-refractivity contribution is -0.137. The molecule has 1 saturated carbocycles. The Kier molecular flexibility index (Phi) is 8.72. The predicted octanol–water partition coefficient (Wildman–Crippen LogP) is 6.64. The van der Waals surface area contributed by atoms with Gasteiger partial charge in [-0.25, -0.2) is 0 Å². The Morgan fingerprint density at radius 3 is 2.31 bits per heavy atom. The second kappa shape index (κ2) is 12.0. The first-order valence-electron chi connectivity index (χ1n) is 12.6. The number of carbonyl (C=O) groups excluding carboxylic acids is 1. The predicted molar refractivity (Wildman–Crippen MR) is 140 cm³/mol. The quantitative estimate of drug-likeness (QED) is 0.419. The molecule has 2 aliphatic rings. The number of ether oxygens (including phenoxy) is 1. The number of amides is 1. The highest BCUT2D eigenvalue weighted by Gasteiger charge is 2.31. The SMILES string of the molecule is O=C(COc1ccc(C2CCCCC2)cc1)NC(=S)Nc1cc(C(F)(F)F)ccc1N1CCCCC1. The smallest absolute Gasteiger partial charge is 0.416 e. The highest BCUT2D eigenvalue weighted by atomic mass is 32.1. The third kappa shape index (κ3) is 7.12. The molecule has 1 heterocycles. The fraction of sp³-hybridized carbons (Fsp3) is 0.481. The van der Waals surface area contributed by atoms with Crippen LogP contribution in [-0.4, -0.2) is 30.7 Å². The average Bonchev–Trinajstić information content (AvgIpc) is 2.88. The number of thiocarbonyl (C=S) groups is 1. The van der Waals surface area contributed by atoms with Crippen LogP contribution in [0.2, 0.25) is 0 Å². The van der Waals surface area contributed by atoms with Gasteiger partial charge in [0.1, 0.15) is 5.75 Å². The van der Waals surface area contributed by atoms with E-state index in [0.29, 0.717) is 17.4 Å².